The molecule has 132 valence electrons. The average Bonchev–Trinajstić information content (AvgIpc) is 3.12. The Balaban J connectivity index is 1.62. The fourth-order valence-electron chi connectivity index (χ4n) is 3.81. The van der Waals surface area contributed by atoms with Gasteiger partial charge >= 0.3 is 0 Å². The summed E-state index contributed by atoms with van der Waals surface area (Å²) in [7, 11) is 0. The Morgan fingerprint density at radius 1 is 1.24 bits per heavy atom. The summed E-state index contributed by atoms with van der Waals surface area (Å²) in [6, 6.07) is 0. The Hall–Kier alpha value is -2.41. The fraction of sp³-hybridized carbons (Fsp3) is 0.500. The molecule has 7 nitrogen and oxygen atoms in total. The number of aromatic amines is 1. The quantitative estimate of drug-likeness (QED) is 0.860. The Labute approximate surface area is 146 Å². The molecule has 0 bridgehead atoms. The first-order valence-electron chi connectivity index (χ1n) is 8.84. The minimum atomic E-state index is -0.00276. The number of H-pyrrole nitrogens is 1. The molecule has 0 unspecified atom stereocenters. The van der Waals surface area contributed by atoms with Crippen LogP contribution < -0.4 is 4.90 Å². The second kappa shape index (κ2) is 6.84. The van der Waals surface area contributed by atoms with Crippen LogP contribution in [0.5, 0.6) is 0 Å². The molecule has 0 radical (unpaired) electrons. The first-order chi connectivity index (χ1) is 12.3. The van der Waals surface area contributed by atoms with E-state index < -0.39 is 0 Å². The lowest BCUT2D eigenvalue weighted by atomic mass is 9.92. The molecule has 0 aliphatic carbocycles. The Morgan fingerprint density at radius 3 is 2.72 bits per heavy atom. The number of carbonyl (C=O) groups is 1. The maximum Gasteiger partial charge on any atom is 0.246 e. The van der Waals surface area contributed by atoms with Gasteiger partial charge in [0.25, 0.3) is 0 Å². The van der Waals surface area contributed by atoms with Crippen LogP contribution in [0, 0.1) is 0 Å². The number of anilines is 1. The molecule has 2 fully saturated rings. The Bertz CT molecular complexity index is 773. The number of ether oxygens (including phenoxy) is 1. The zero-order valence-electron chi connectivity index (χ0n) is 14.3. The van der Waals surface area contributed by atoms with Crippen LogP contribution in [-0.4, -0.2) is 65.2 Å². The molecule has 0 atom stereocenters. The average molecular weight is 341 g/mol. The van der Waals surface area contributed by atoms with Gasteiger partial charge < -0.3 is 19.5 Å². The fourth-order valence-corrected chi connectivity index (χ4v) is 3.81. The third-order valence-corrected chi connectivity index (χ3v) is 5.21. The number of amides is 1. The van der Waals surface area contributed by atoms with Gasteiger partial charge in [0.15, 0.2) is 0 Å². The second-order valence-corrected chi connectivity index (χ2v) is 6.57. The molecule has 2 aromatic heterocycles. The zero-order chi connectivity index (χ0) is 17.2. The number of nitrogens with one attached hydrogen (secondary N) is 1. The van der Waals surface area contributed by atoms with E-state index in [4.69, 9.17) is 4.74 Å². The van der Waals surface area contributed by atoms with E-state index in [0.717, 1.165) is 56.0 Å². The highest BCUT2D eigenvalue weighted by molar-refractivity contribution is 5.91. The SMILES string of the molecule is C=CC(=O)N1CCN(c2ncnc3[nH]cc(C4CCOCC4)c23)CC1. The van der Waals surface area contributed by atoms with E-state index in [1.54, 1.807) is 6.33 Å². The summed E-state index contributed by atoms with van der Waals surface area (Å²) in [6.07, 6.45) is 7.14. The summed E-state index contributed by atoms with van der Waals surface area (Å²) in [5.74, 6) is 1.45. The minimum absolute atomic E-state index is 0.00276. The number of rotatable bonds is 3. The molecule has 25 heavy (non-hydrogen) atoms. The van der Waals surface area contributed by atoms with E-state index in [1.165, 1.54) is 11.6 Å². The van der Waals surface area contributed by atoms with Gasteiger partial charge in [0, 0.05) is 45.6 Å². The molecule has 2 saturated heterocycles. The molecular formula is C18H23N5O2. The van der Waals surface area contributed by atoms with Crippen LogP contribution in [0.25, 0.3) is 11.0 Å². The highest BCUT2D eigenvalue weighted by Gasteiger charge is 2.26. The summed E-state index contributed by atoms with van der Waals surface area (Å²) in [4.78, 5) is 28.2. The number of carbonyl (C=O) groups excluding carboxylic acids is 1. The van der Waals surface area contributed by atoms with Crippen molar-refractivity contribution in [2.24, 2.45) is 0 Å². The van der Waals surface area contributed by atoms with Crippen LogP contribution >= 0.6 is 0 Å². The third-order valence-electron chi connectivity index (χ3n) is 5.21. The molecule has 4 heterocycles. The lowest BCUT2D eigenvalue weighted by Crippen LogP contribution is -2.48. The van der Waals surface area contributed by atoms with Gasteiger partial charge in [0.2, 0.25) is 5.91 Å². The molecule has 0 saturated carbocycles. The minimum Gasteiger partial charge on any atom is -0.381 e. The van der Waals surface area contributed by atoms with Gasteiger partial charge in [-0.25, -0.2) is 9.97 Å². The number of piperazine rings is 1. The predicted octanol–water partition coefficient (Wildman–Crippen LogP) is 1.69. The van der Waals surface area contributed by atoms with Crippen LogP contribution in [0.2, 0.25) is 0 Å². The van der Waals surface area contributed by atoms with Crippen molar-refractivity contribution in [3.8, 4) is 0 Å². The van der Waals surface area contributed by atoms with Crippen LogP contribution in [0.15, 0.2) is 25.2 Å². The van der Waals surface area contributed by atoms with Gasteiger partial charge in [-0.2, -0.15) is 0 Å². The molecule has 1 amide bonds. The third kappa shape index (κ3) is 3.00. The molecule has 2 aliphatic heterocycles. The normalized spacial score (nSPS) is 19.4. The van der Waals surface area contributed by atoms with E-state index in [1.807, 2.05) is 4.90 Å². The first-order valence-corrected chi connectivity index (χ1v) is 8.84. The smallest absolute Gasteiger partial charge is 0.246 e. The van der Waals surface area contributed by atoms with Crippen molar-refractivity contribution < 1.29 is 9.53 Å². The van der Waals surface area contributed by atoms with E-state index in [-0.39, 0.29) is 5.91 Å². The van der Waals surface area contributed by atoms with E-state index in [0.29, 0.717) is 19.0 Å². The molecule has 2 aliphatic rings. The van der Waals surface area contributed by atoms with Crippen molar-refractivity contribution in [2.75, 3.05) is 44.3 Å². The number of nitrogens with zero attached hydrogens (tertiary/aromatic N) is 4. The van der Waals surface area contributed by atoms with Crippen LogP contribution in [0.4, 0.5) is 5.82 Å². The van der Waals surface area contributed by atoms with Crippen LogP contribution in [-0.2, 0) is 9.53 Å². The highest BCUT2D eigenvalue weighted by Crippen LogP contribution is 2.36. The van der Waals surface area contributed by atoms with Gasteiger partial charge in [0.05, 0.1) is 5.39 Å². The lowest BCUT2D eigenvalue weighted by molar-refractivity contribution is -0.126. The van der Waals surface area contributed by atoms with E-state index in [2.05, 4.69) is 32.6 Å². The standard InChI is InChI=1S/C18H23N5O2/c1-2-15(24)22-5-7-23(8-6-22)18-16-14(13-3-9-25-10-4-13)11-19-17(16)20-12-21-18/h2,11-13H,1,3-10H2,(H,19,20,21). The second-order valence-electron chi connectivity index (χ2n) is 6.57. The highest BCUT2D eigenvalue weighted by atomic mass is 16.5. The maximum absolute atomic E-state index is 11.8. The largest absolute Gasteiger partial charge is 0.381 e. The van der Waals surface area contributed by atoms with Crippen molar-refractivity contribution in [3.63, 3.8) is 0 Å². The summed E-state index contributed by atoms with van der Waals surface area (Å²) in [5, 5.41) is 1.12. The lowest BCUT2D eigenvalue weighted by Gasteiger charge is -2.35. The van der Waals surface area contributed by atoms with Gasteiger partial charge in [-0.3, -0.25) is 4.79 Å². The number of aromatic nitrogens is 3. The van der Waals surface area contributed by atoms with Gasteiger partial charge in [-0.05, 0) is 30.4 Å². The maximum atomic E-state index is 11.8. The predicted molar refractivity (Wildman–Crippen MR) is 95.7 cm³/mol. The Kier molecular flexibility index (Phi) is 4.40. The topological polar surface area (TPSA) is 74.4 Å². The van der Waals surface area contributed by atoms with Crippen LogP contribution in [0.1, 0.15) is 24.3 Å². The molecule has 0 aromatic carbocycles. The molecule has 0 spiro atoms. The number of fused-ring (bicyclic) bond motifs is 1. The number of hydrogen-bond acceptors (Lipinski definition) is 5. The number of hydrogen-bond donors (Lipinski definition) is 1. The van der Waals surface area contributed by atoms with E-state index in [9.17, 15) is 4.79 Å². The summed E-state index contributed by atoms with van der Waals surface area (Å²) in [6.45, 7) is 8.10. The monoisotopic (exact) mass is 341 g/mol. The van der Waals surface area contributed by atoms with E-state index >= 15 is 0 Å². The van der Waals surface area contributed by atoms with Gasteiger partial charge in [-0.1, -0.05) is 6.58 Å². The Morgan fingerprint density at radius 2 is 2.00 bits per heavy atom. The molecule has 4 rings (SSSR count). The summed E-state index contributed by atoms with van der Waals surface area (Å²) < 4.78 is 5.50. The van der Waals surface area contributed by atoms with Gasteiger partial charge in [0.1, 0.15) is 17.8 Å². The van der Waals surface area contributed by atoms with Gasteiger partial charge in [-0.15, -0.1) is 0 Å². The molecule has 1 N–H and O–H groups in total. The summed E-state index contributed by atoms with van der Waals surface area (Å²) in [5.41, 5.74) is 2.18. The van der Waals surface area contributed by atoms with Crippen molar-refractivity contribution in [2.45, 2.75) is 18.8 Å². The van der Waals surface area contributed by atoms with Crippen molar-refractivity contribution in [1.29, 1.82) is 0 Å². The summed E-state index contributed by atoms with van der Waals surface area (Å²) >= 11 is 0. The molecular weight excluding hydrogens is 318 g/mol. The zero-order valence-corrected chi connectivity index (χ0v) is 14.3. The van der Waals surface area contributed by atoms with Crippen molar-refractivity contribution in [1.82, 2.24) is 19.9 Å². The molecule has 2 aromatic rings. The van der Waals surface area contributed by atoms with Crippen molar-refractivity contribution >= 4 is 22.8 Å². The van der Waals surface area contributed by atoms with Crippen molar-refractivity contribution in [3.05, 3.63) is 30.7 Å². The first kappa shape index (κ1) is 16.1. The molecule has 7 heteroatoms. The van der Waals surface area contributed by atoms with Crippen LogP contribution in [0.3, 0.4) is 0 Å².